The van der Waals surface area contributed by atoms with E-state index in [4.69, 9.17) is 0 Å². The maximum Gasteiger partial charge on any atom is 0.272 e. The summed E-state index contributed by atoms with van der Waals surface area (Å²) in [4.78, 5) is 17.4. The molecular weight excluding hydrogens is 306 g/mol. The molecule has 3 rings (SSSR count). The van der Waals surface area contributed by atoms with E-state index in [1.807, 2.05) is 55.8 Å². The highest BCUT2D eigenvalue weighted by atomic mass is 32.2. The Bertz CT molecular complexity index is 782. The Kier molecular flexibility index (Phi) is 4.78. The highest BCUT2D eigenvalue weighted by molar-refractivity contribution is 7.98. The molecule has 0 radical (unpaired) electrons. The zero-order valence-electron chi connectivity index (χ0n) is 12.8. The van der Waals surface area contributed by atoms with Crippen molar-refractivity contribution in [3.63, 3.8) is 0 Å². The molecule has 3 aromatic rings. The molecule has 4 nitrogen and oxygen atoms in total. The van der Waals surface area contributed by atoms with Crippen molar-refractivity contribution < 1.29 is 4.79 Å². The van der Waals surface area contributed by atoms with Crippen LogP contribution < -0.4 is 5.32 Å². The van der Waals surface area contributed by atoms with Crippen LogP contribution in [0.5, 0.6) is 0 Å². The van der Waals surface area contributed by atoms with Gasteiger partial charge in [-0.2, -0.15) is 0 Å². The molecule has 116 valence electrons. The Hall–Kier alpha value is -2.53. The van der Waals surface area contributed by atoms with Crippen molar-refractivity contribution in [2.75, 3.05) is 5.32 Å². The summed E-state index contributed by atoms with van der Waals surface area (Å²) in [6.07, 6.45) is 5.51. The number of amides is 1. The van der Waals surface area contributed by atoms with Crippen molar-refractivity contribution in [3.8, 4) is 0 Å². The maximum absolute atomic E-state index is 12.1. The first-order chi connectivity index (χ1) is 11.2. The minimum absolute atomic E-state index is 0.103. The molecule has 1 N–H and O–H groups in total. The molecule has 0 atom stereocenters. The van der Waals surface area contributed by atoms with Gasteiger partial charge in [-0.1, -0.05) is 6.07 Å². The average molecular weight is 323 g/mol. The molecule has 0 bridgehead atoms. The number of hydrogen-bond acceptors (Lipinski definition) is 3. The molecule has 0 aliphatic heterocycles. The molecule has 1 aromatic carbocycles. The van der Waals surface area contributed by atoms with Gasteiger partial charge in [0.15, 0.2) is 0 Å². The van der Waals surface area contributed by atoms with Crippen LogP contribution in [0.2, 0.25) is 0 Å². The predicted octanol–water partition coefficient (Wildman–Crippen LogP) is 3.96. The number of hydrogen-bond donors (Lipinski definition) is 1. The van der Waals surface area contributed by atoms with Crippen LogP contribution in [0, 0.1) is 0 Å². The van der Waals surface area contributed by atoms with Crippen LogP contribution in [0.3, 0.4) is 0 Å². The molecule has 0 aliphatic rings. The standard InChI is InChI=1S/C18H17N3OS/c1-21-11-3-5-17(21)18(22)20-15-6-8-16(9-7-15)23-13-14-4-2-10-19-12-14/h2-12H,13H2,1H3,(H,20,22). The minimum Gasteiger partial charge on any atom is -0.347 e. The Morgan fingerprint density at radius 3 is 2.65 bits per heavy atom. The van der Waals surface area contributed by atoms with Crippen LogP contribution in [0.15, 0.2) is 72.0 Å². The van der Waals surface area contributed by atoms with Crippen LogP contribution in [-0.4, -0.2) is 15.5 Å². The van der Waals surface area contributed by atoms with E-state index in [9.17, 15) is 4.79 Å². The third-order valence-corrected chi connectivity index (χ3v) is 4.50. The van der Waals surface area contributed by atoms with E-state index < -0.39 is 0 Å². The first kappa shape index (κ1) is 15.4. The van der Waals surface area contributed by atoms with Crippen LogP contribution >= 0.6 is 11.8 Å². The lowest BCUT2D eigenvalue weighted by molar-refractivity contribution is 0.101. The monoisotopic (exact) mass is 323 g/mol. The number of anilines is 1. The van der Waals surface area contributed by atoms with Gasteiger partial charge >= 0.3 is 0 Å². The van der Waals surface area contributed by atoms with Gasteiger partial charge in [0.2, 0.25) is 0 Å². The largest absolute Gasteiger partial charge is 0.347 e. The van der Waals surface area contributed by atoms with E-state index in [-0.39, 0.29) is 5.91 Å². The van der Waals surface area contributed by atoms with Gasteiger partial charge in [0.25, 0.3) is 5.91 Å². The normalized spacial score (nSPS) is 10.5. The van der Waals surface area contributed by atoms with Gasteiger partial charge in [0.05, 0.1) is 0 Å². The van der Waals surface area contributed by atoms with Crippen LogP contribution in [0.25, 0.3) is 0 Å². The van der Waals surface area contributed by atoms with Crippen molar-refractivity contribution in [2.45, 2.75) is 10.6 Å². The van der Waals surface area contributed by atoms with Crippen molar-refractivity contribution in [1.29, 1.82) is 0 Å². The second-order valence-electron chi connectivity index (χ2n) is 5.13. The number of rotatable bonds is 5. The third-order valence-electron chi connectivity index (χ3n) is 3.42. The number of nitrogens with zero attached hydrogens (tertiary/aromatic N) is 2. The summed E-state index contributed by atoms with van der Waals surface area (Å²) < 4.78 is 1.80. The quantitative estimate of drug-likeness (QED) is 0.723. The van der Waals surface area contributed by atoms with Gasteiger partial charge in [-0.25, -0.2) is 0 Å². The Morgan fingerprint density at radius 2 is 2.00 bits per heavy atom. The molecule has 5 heteroatoms. The number of carbonyl (C=O) groups excluding carboxylic acids is 1. The predicted molar refractivity (Wildman–Crippen MR) is 93.6 cm³/mol. The smallest absolute Gasteiger partial charge is 0.272 e. The summed E-state index contributed by atoms with van der Waals surface area (Å²) in [6, 6.07) is 15.5. The second kappa shape index (κ2) is 7.15. The van der Waals surface area contributed by atoms with Crippen LogP contribution in [-0.2, 0) is 12.8 Å². The molecule has 0 unspecified atom stereocenters. The van der Waals surface area contributed by atoms with Crippen molar-refractivity contribution in [1.82, 2.24) is 9.55 Å². The van der Waals surface area contributed by atoms with Crippen LogP contribution in [0.4, 0.5) is 5.69 Å². The van der Waals surface area contributed by atoms with Gasteiger partial charge in [-0.3, -0.25) is 9.78 Å². The molecule has 23 heavy (non-hydrogen) atoms. The van der Waals surface area contributed by atoms with E-state index >= 15 is 0 Å². The van der Waals surface area contributed by atoms with Gasteiger partial charge < -0.3 is 9.88 Å². The molecule has 0 saturated carbocycles. The van der Waals surface area contributed by atoms with Crippen LogP contribution in [0.1, 0.15) is 16.1 Å². The molecular formula is C18H17N3OS. The number of nitrogens with one attached hydrogen (secondary N) is 1. The highest BCUT2D eigenvalue weighted by Gasteiger charge is 2.08. The molecule has 0 spiro atoms. The summed E-state index contributed by atoms with van der Waals surface area (Å²) >= 11 is 1.74. The van der Waals surface area contributed by atoms with Crippen molar-refractivity contribution in [3.05, 3.63) is 78.4 Å². The van der Waals surface area contributed by atoms with E-state index in [2.05, 4.69) is 16.4 Å². The zero-order chi connectivity index (χ0) is 16.1. The SMILES string of the molecule is Cn1cccc1C(=O)Nc1ccc(SCc2cccnc2)cc1. The van der Waals surface area contributed by atoms with E-state index in [0.29, 0.717) is 5.69 Å². The fourth-order valence-corrected chi connectivity index (χ4v) is 3.01. The van der Waals surface area contributed by atoms with E-state index in [0.717, 1.165) is 16.3 Å². The molecule has 0 fully saturated rings. The van der Waals surface area contributed by atoms with Gasteiger partial charge in [-0.15, -0.1) is 11.8 Å². The lowest BCUT2D eigenvalue weighted by atomic mass is 10.3. The van der Waals surface area contributed by atoms with Gasteiger partial charge in [-0.05, 0) is 48.0 Å². The van der Waals surface area contributed by atoms with Crippen molar-refractivity contribution >= 4 is 23.4 Å². The lowest BCUT2D eigenvalue weighted by Gasteiger charge is -2.07. The fraction of sp³-hybridized carbons (Fsp3) is 0.111. The number of carbonyl (C=O) groups is 1. The summed E-state index contributed by atoms with van der Waals surface area (Å²) in [7, 11) is 1.85. The summed E-state index contributed by atoms with van der Waals surface area (Å²) in [5.74, 6) is 0.774. The first-order valence-corrected chi connectivity index (χ1v) is 8.25. The number of thioether (sulfide) groups is 1. The molecule has 2 aromatic heterocycles. The van der Waals surface area contributed by atoms with E-state index in [1.165, 1.54) is 5.56 Å². The number of pyridine rings is 1. The maximum atomic E-state index is 12.1. The van der Waals surface area contributed by atoms with Crippen molar-refractivity contribution in [2.24, 2.45) is 7.05 Å². The molecule has 0 saturated heterocycles. The highest BCUT2D eigenvalue weighted by Crippen LogP contribution is 2.24. The topological polar surface area (TPSA) is 46.9 Å². The summed E-state index contributed by atoms with van der Waals surface area (Å²) in [5, 5.41) is 2.91. The molecule has 1 amide bonds. The Labute approximate surface area is 139 Å². The summed E-state index contributed by atoms with van der Waals surface area (Å²) in [6.45, 7) is 0. The fourth-order valence-electron chi connectivity index (χ4n) is 2.18. The van der Waals surface area contributed by atoms with E-state index in [1.54, 1.807) is 28.6 Å². The molecule has 0 aliphatic carbocycles. The third kappa shape index (κ3) is 4.02. The number of aromatic nitrogens is 2. The second-order valence-corrected chi connectivity index (χ2v) is 6.18. The Morgan fingerprint density at radius 1 is 1.17 bits per heavy atom. The first-order valence-electron chi connectivity index (χ1n) is 7.27. The lowest BCUT2D eigenvalue weighted by Crippen LogP contribution is -2.15. The van der Waals surface area contributed by atoms with Gasteiger partial charge in [0.1, 0.15) is 5.69 Å². The molecule has 2 heterocycles. The minimum atomic E-state index is -0.103. The van der Waals surface area contributed by atoms with Gasteiger partial charge in [0, 0.05) is 42.0 Å². The summed E-state index contributed by atoms with van der Waals surface area (Å²) in [5.41, 5.74) is 2.63. The Balaban J connectivity index is 1.59. The zero-order valence-corrected chi connectivity index (χ0v) is 13.6. The number of aryl methyl sites for hydroxylation is 1. The average Bonchev–Trinajstić information content (AvgIpc) is 3.01. The number of benzene rings is 1.